The summed E-state index contributed by atoms with van der Waals surface area (Å²) in [5.74, 6) is 0.658. The number of carbonyl (C=O) groups is 1. The number of hydrogen-bond donors (Lipinski definition) is 1. The lowest BCUT2D eigenvalue weighted by molar-refractivity contribution is -0.115. The predicted octanol–water partition coefficient (Wildman–Crippen LogP) is 4.45. The van der Waals surface area contributed by atoms with Crippen LogP contribution in [-0.4, -0.2) is 25.7 Å². The summed E-state index contributed by atoms with van der Waals surface area (Å²) >= 11 is 12.1. The van der Waals surface area contributed by atoms with Crippen LogP contribution in [0, 0.1) is 0 Å². The molecule has 140 valence electrons. The van der Waals surface area contributed by atoms with Crippen molar-refractivity contribution in [3.05, 3.63) is 64.0 Å². The van der Waals surface area contributed by atoms with Crippen molar-refractivity contribution in [2.45, 2.75) is 32.6 Å². The number of nitrogens with zero attached hydrogens (tertiary/aromatic N) is 4. The molecule has 0 radical (unpaired) electrons. The summed E-state index contributed by atoms with van der Waals surface area (Å²) in [5.41, 5.74) is 1.31. The predicted molar refractivity (Wildman–Crippen MR) is 107 cm³/mol. The quantitative estimate of drug-likeness (QED) is 0.698. The van der Waals surface area contributed by atoms with Gasteiger partial charge in [0.25, 0.3) is 5.95 Å². The largest absolute Gasteiger partial charge is 0.310 e. The van der Waals surface area contributed by atoms with Gasteiger partial charge >= 0.3 is 0 Å². The standard InChI is InChI=1S/C19H19Cl2N5O/c1-19(2,3)15-11-16(26(25-15)18-22-7-4-8-23-18)24-17(27)9-12-5-6-13(20)10-14(12)21/h4-8,10-11H,9H2,1-3H3,(H,24,27). The Morgan fingerprint density at radius 2 is 1.85 bits per heavy atom. The van der Waals surface area contributed by atoms with E-state index in [1.807, 2.05) is 26.8 Å². The lowest BCUT2D eigenvalue weighted by atomic mass is 9.92. The van der Waals surface area contributed by atoms with E-state index in [-0.39, 0.29) is 17.7 Å². The summed E-state index contributed by atoms with van der Waals surface area (Å²) in [6.07, 6.45) is 3.36. The number of anilines is 1. The second-order valence-electron chi connectivity index (χ2n) is 7.09. The van der Waals surface area contributed by atoms with E-state index in [9.17, 15) is 4.79 Å². The highest BCUT2D eigenvalue weighted by Gasteiger charge is 2.22. The van der Waals surface area contributed by atoms with Crippen LogP contribution >= 0.6 is 23.2 Å². The molecule has 1 aromatic carbocycles. The summed E-state index contributed by atoms with van der Waals surface area (Å²) in [5, 5.41) is 8.43. The molecule has 0 aliphatic carbocycles. The molecular formula is C19H19Cl2N5O. The number of amides is 1. The molecule has 0 saturated heterocycles. The van der Waals surface area contributed by atoms with Crippen LogP contribution in [0.15, 0.2) is 42.7 Å². The summed E-state index contributed by atoms with van der Waals surface area (Å²) in [6, 6.07) is 8.61. The number of halogens is 2. The summed E-state index contributed by atoms with van der Waals surface area (Å²) < 4.78 is 1.53. The maximum Gasteiger partial charge on any atom is 0.252 e. The van der Waals surface area contributed by atoms with E-state index in [0.29, 0.717) is 27.4 Å². The Balaban J connectivity index is 1.89. The van der Waals surface area contributed by atoms with Gasteiger partial charge in [-0.3, -0.25) is 4.79 Å². The fourth-order valence-electron chi connectivity index (χ4n) is 2.41. The third kappa shape index (κ3) is 4.64. The Hall–Kier alpha value is -2.44. The second kappa shape index (κ2) is 7.66. The summed E-state index contributed by atoms with van der Waals surface area (Å²) in [4.78, 5) is 21.0. The molecular weight excluding hydrogens is 385 g/mol. The van der Waals surface area contributed by atoms with Gasteiger partial charge in [0.1, 0.15) is 5.82 Å². The van der Waals surface area contributed by atoms with Gasteiger partial charge in [-0.1, -0.05) is 50.0 Å². The first-order valence-corrected chi connectivity index (χ1v) is 9.11. The van der Waals surface area contributed by atoms with E-state index >= 15 is 0 Å². The molecule has 0 fully saturated rings. The highest BCUT2D eigenvalue weighted by molar-refractivity contribution is 6.35. The number of nitrogens with one attached hydrogen (secondary N) is 1. The molecule has 27 heavy (non-hydrogen) atoms. The summed E-state index contributed by atoms with van der Waals surface area (Å²) in [7, 11) is 0. The molecule has 6 nitrogen and oxygen atoms in total. The average Bonchev–Trinajstić information content (AvgIpc) is 3.02. The van der Waals surface area contributed by atoms with Crippen molar-refractivity contribution in [3.63, 3.8) is 0 Å². The molecule has 0 atom stereocenters. The zero-order chi connectivity index (χ0) is 19.6. The molecule has 8 heteroatoms. The number of rotatable bonds is 4. The Morgan fingerprint density at radius 3 is 2.48 bits per heavy atom. The van der Waals surface area contributed by atoms with Crippen LogP contribution in [0.2, 0.25) is 10.0 Å². The van der Waals surface area contributed by atoms with Crippen molar-refractivity contribution in [2.75, 3.05) is 5.32 Å². The maximum atomic E-state index is 12.6. The third-order valence-corrected chi connectivity index (χ3v) is 4.44. The first-order valence-electron chi connectivity index (χ1n) is 8.36. The fraction of sp³-hybridized carbons (Fsp3) is 0.263. The van der Waals surface area contributed by atoms with Gasteiger partial charge in [0.15, 0.2) is 0 Å². The van der Waals surface area contributed by atoms with Gasteiger partial charge in [-0.05, 0) is 23.8 Å². The smallest absolute Gasteiger partial charge is 0.252 e. The van der Waals surface area contributed by atoms with E-state index in [0.717, 1.165) is 5.69 Å². The van der Waals surface area contributed by atoms with Crippen LogP contribution < -0.4 is 5.32 Å². The van der Waals surface area contributed by atoms with Gasteiger partial charge in [0.05, 0.1) is 12.1 Å². The van der Waals surface area contributed by atoms with Gasteiger partial charge < -0.3 is 5.32 Å². The Morgan fingerprint density at radius 1 is 1.15 bits per heavy atom. The zero-order valence-electron chi connectivity index (χ0n) is 15.2. The van der Waals surface area contributed by atoms with E-state index in [1.54, 1.807) is 36.7 Å². The summed E-state index contributed by atoms with van der Waals surface area (Å²) in [6.45, 7) is 6.14. The SMILES string of the molecule is CC(C)(C)c1cc(NC(=O)Cc2ccc(Cl)cc2Cl)n(-c2ncccn2)n1. The van der Waals surface area contributed by atoms with Gasteiger partial charge in [-0.2, -0.15) is 9.78 Å². The molecule has 0 aliphatic heterocycles. The molecule has 0 bridgehead atoms. The van der Waals surface area contributed by atoms with Crippen LogP contribution in [0.25, 0.3) is 5.95 Å². The molecule has 0 spiro atoms. The molecule has 0 unspecified atom stereocenters. The van der Waals surface area contributed by atoms with Crippen LogP contribution in [0.1, 0.15) is 32.0 Å². The fourth-order valence-corrected chi connectivity index (χ4v) is 2.89. The molecule has 2 aromatic heterocycles. The highest BCUT2D eigenvalue weighted by atomic mass is 35.5. The normalized spacial score (nSPS) is 11.4. The number of benzene rings is 1. The van der Waals surface area contributed by atoms with Crippen molar-refractivity contribution in [3.8, 4) is 5.95 Å². The monoisotopic (exact) mass is 403 g/mol. The van der Waals surface area contributed by atoms with Crippen molar-refractivity contribution in [1.82, 2.24) is 19.7 Å². The van der Waals surface area contributed by atoms with Crippen molar-refractivity contribution in [1.29, 1.82) is 0 Å². The van der Waals surface area contributed by atoms with Crippen LogP contribution in [0.5, 0.6) is 0 Å². The van der Waals surface area contributed by atoms with E-state index in [4.69, 9.17) is 23.2 Å². The van der Waals surface area contributed by atoms with Crippen molar-refractivity contribution >= 4 is 34.9 Å². The molecule has 1 N–H and O–H groups in total. The van der Waals surface area contributed by atoms with E-state index in [2.05, 4.69) is 20.4 Å². The van der Waals surface area contributed by atoms with E-state index in [1.165, 1.54) is 4.68 Å². The van der Waals surface area contributed by atoms with Crippen LogP contribution in [0.4, 0.5) is 5.82 Å². The topological polar surface area (TPSA) is 72.7 Å². The zero-order valence-corrected chi connectivity index (χ0v) is 16.7. The Kier molecular flexibility index (Phi) is 5.48. The maximum absolute atomic E-state index is 12.6. The van der Waals surface area contributed by atoms with Crippen LogP contribution in [-0.2, 0) is 16.6 Å². The molecule has 0 saturated carbocycles. The van der Waals surface area contributed by atoms with Crippen LogP contribution in [0.3, 0.4) is 0 Å². The first kappa shape index (κ1) is 19.3. The van der Waals surface area contributed by atoms with Gasteiger partial charge in [0.2, 0.25) is 5.91 Å². The van der Waals surface area contributed by atoms with Gasteiger partial charge in [-0.25, -0.2) is 9.97 Å². The van der Waals surface area contributed by atoms with Crippen molar-refractivity contribution in [2.24, 2.45) is 0 Å². The lowest BCUT2D eigenvalue weighted by Crippen LogP contribution is -2.18. The molecule has 2 heterocycles. The number of hydrogen-bond acceptors (Lipinski definition) is 4. The molecule has 3 aromatic rings. The number of carbonyl (C=O) groups excluding carboxylic acids is 1. The molecule has 0 aliphatic rings. The minimum atomic E-state index is -0.225. The minimum Gasteiger partial charge on any atom is -0.310 e. The van der Waals surface area contributed by atoms with E-state index < -0.39 is 0 Å². The average molecular weight is 404 g/mol. The molecule has 3 rings (SSSR count). The van der Waals surface area contributed by atoms with Crippen molar-refractivity contribution < 1.29 is 4.79 Å². The van der Waals surface area contributed by atoms with Gasteiger partial charge in [-0.15, -0.1) is 0 Å². The minimum absolute atomic E-state index is 0.113. The Bertz CT molecular complexity index is 964. The molecule has 1 amide bonds. The highest BCUT2D eigenvalue weighted by Crippen LogP contribution is 2.26. The Labute approximate surface area is 167 Å². The lowest BCUT2D eigenvalue weighted by Gasteiger charge is -2.13. The number of aromatic nitrogens is 4. The first-order chi connectivity index (χ1) is 12.7. The van der Waals surface area contributed by atoms with Gasteiger partial charge in [0, 0.05) is 33.9 Å². The third-order valence-electron chi connectivity index (χ3n) is 3.85. The second-order valence-corrected chi connectivity index (χ2v) is 7.93.